The predicted octanol–water partition coefficient (Wildman–Crippen LogP) is 5.15. The zero-order valence-electron chi connectivity index (χ0n) is 20.1. The van der Waals surface area contributed by atoms with E-state index in [0.717, 1.165) is 45.1 Å². The van der Waals surface area contributed by atoms with E-state index in [9.17, 15) is 22.0 Å². The number of hydrogen-bond donors (Lipinski definition) is 0. The number of aryl methyl sites for hydroxylation is 1. The second-order valence-corrected chi connectivity index (χ2v) is 12.7. The number of ether oxygens (including phenoxy) is 1. The van der Waals surface area contributed by atoms with Crippen molar-refractivity contribution in [3.05, 3.63) is 52.6 Å². The van der Waals surface area contributed by atoms with Gasteiger partial charge in [0.05, 0.1) is 27.9 Å². The monoisotopic (exact) mass is 569 g/mol. The Bertz CT molecular complexity index is 1400. The molecule has 0 spiro atoms. The molecule has 0 N–H and O–H groups in total. The number of anilines is 1. The first-order valence-electron chi connectivity index (χ1n) is 12.1. The molecule has 2 aromatic carbocycles. The molecule has 0 aliphatic carbocycles. The molecule has 1 amide bonds. The van der Waals surface area contributed by atoms with Gasteiger partial charge in [-0.05, 0) is 62.4 Å². The highest BCUT2D eigenvalue weighted by atomic mass is 35.5. The fraction of sp³-hybridized carbons (Fsp3) is 0.440. The molecule has 0 radical (unpaired) electrons. The smallest absolute Gasteiger partial charge is 0.246 e. The summed E-state index contributed by atoms with van der Waals surface area (Å²) >= 11 is 7.76. The largest absolute Gasteiger partial charge is 0.376 e. The number of carbonyl (C=O) groups is 1. The van der Waals surface area contributed by atoms with E-state index < -0.39 is 32.5 Å². The number of piperidine rings is 1. The number of amides is 1. The summed E-state index contributed by atoms with van der Waals surface area (Å²) in [5, 5.41) is 1.10. The number of aromatic nitrogens is 1. The van der Waals surface area contributed by atoms with E-state index in [1.807, 2.05) is 19.1 Å². The Hall–Kier alpha value is -2.18. The van der Waals surface area contributed by atoms with E-state index in [0.29, 0.717) is 29.4 Å². The molecule has 0 saturated carbocycles. The fourth-order valence-electron chi connectivity index (χ4n) is 4.84. The lowest BCUT2D eigenvalue weighted by Crippen LogP contribution is -2.46. The Morgan fingerprint density at radius 2 is 1.97 bits per heavy atom. The van der Waals surface area contributed by atoms with Crippen LogP contribution in [0, 0.1) is 24.5 Å². The van der Waals surface area contributed by atoms with Gasteiger partial charge in [0.1, 0.15) is 16.5 Å². The standard InChI is InChI=1S/C25H26ClF2N3O4S2/c1-15-4-6-19(26)23-22(15)29-25(36-23)31(14-18-3-2-12-35-18)24(32)16-8-10-30(11-9-16)37(33,34)21-13-17(27)5-7-20(21)28/h4-7,13,16,18H,2-3,8-12,14H2,1H3. The lowest BCUT2D eigenvalue weighted by atomic mass is 9.96. The van der Waals surface area contributed by atoms with Crippen LogP contribution in [-0.4, -0.2) is 56.0 Å². The summed E-state index contributed by atoms with van der Waals surface area (Å²) in [5.74, 6) is -2.45. The van der Waals surface area contributed by atoms with E-state index in [1.165, 1.54) is 11.3 Å². The summed E-state index contributed by atoms with van der Waals surface area (Å²) in [6.07, 6.45) is 2.15. The topological polar surface area (TPSA) is 79.8 Å². The maximum absolute atomic E-state index is 14.2. The first-order valence-corrected chi connectivity index (χ1v) is 14.7. The van der Waals surface area contributed by atoms with Gasteiger partial charge in [-0.15, -0.1) is 0 Å². The van der Waals surface area contributed by atoms with Crippen LogP contribution in [0.5, 0.6) is 0 Å². The molecule has 3 aromatic rings. The summed E-state index contributed by atoms with van der Waals surface area (Å²) in [7, 11) is -4.23. The highest BCUT2D eigenvalue weighted by Crippen LogP contribution is 2.37. The molecule has 37 heavy (non-hydrogen) atoms. The van der Waals surface area contributed by atoms with Gasteiger partial charge in [0.15, 0.2) is 5.13 Å². The lowest BCUT2D eigenvalue weighted by Gasteiger charge is -2.33. The summed E-state index contributed by atoms with van der Waals surface area (Å²) in [5.41, 5.74) is 1.70. The van der Waals surface area contributed by atoms with Crippen molar-refractivity contribution in [2.75, 3.05) is 31.1 Å². The minimum atomic E-state index is -4.23. The Kier molecular flexibility index (Phi) is 7.52. The van der Waals surface area contributed by atoms with Crippen molar-refractivity contribution in [3.8, 4) is 0 Å². The number of sulfonamides is 1. The third-order valence-corrected chi connectivity index (χ3v) is 10.4. The third-order valence-electron chi connectivity index (χ3n) is 6.91. The third kappa shape index (κ3) is 5.24. The van der Waals surface area contributed by atoms with Crippen LogP contribution >= 0.6 is 22.9 Å². The molecule has 5 rings (SSSR count). The van der Waals surface area contributed by atoms with E-state index in [4.69, 9.17) is 21.3 Å². The SMILES string of the molecule is Cc1ccc(Cl)c2sc(N(CC3CCCO3)C(=O)C3CCN(S(=O)(=O)c4cc(F)ccc4F)CC3)nc12. The van der Waals surface area contributed by atoms with Gasteiger partial charge >= 0.3 is 0 Å². The minimum absolute atomic E-state index is 0.0211. The van der Waals surface area contributed by atoms with Crippen molar-refractivity contribution in [2.45, 2.75) is 43.6 Å². The van der Waals surface area contributed by atoms with Crippen molar-refractivity contribution >= 4 is 54.2 Å². The number of hydrogen-bond acceptors (Lipinski definition) is 6. The molecule has 1 unspecified atom stereocenters. The van der Waals surface area contributed by atoms with Crippen LogP contribution in [0.25, 0.3) is 10.2 Å². The van der Waals surface area contributed by atoms with Crippen LogP contribution in [0.1, 0.15) is 31.2 Å². The van der Waals surface area contributed by atoms with Crippen LogP contribution in [0.2, 0.25) is 5.02 Å². The van der Waals surface area contributed by atoms with Crippen LogP contribution < -0.4 is 4.90 Å². The Morgan fingerprint density at radius 3 is 2.65 bits per heavy atom. The molecule has 2 saturated heterocycles. The van der Waals surface area contributed by atoms with Crippen LogP contribution in [0.4, 0.5) is 13.9 Å². The van der Waals surface area contributed by atoms with Crippen molar-refractivity contribution in [1.29, 1.82) is 0 Å². The zero-order valence-corrected chi connectivity index (χ0v) is 22.5. The Balaban J connectivity index is 1.37. The second-order valence-electron chi connectivity index (χ2n) is 9.38. The molecule has 1 atom stereocenters. The molecule has 2 aliphatic rings. The van der Waals surface area contributed by atoms with Crippen molar-refractivity contribution in [2.24, 2.45) is 5.92 Å². The molecule has 198 valence electrons. The van der Waals surface area contributed by atoms with E-state index in [1.54, 1.807) is 4.90 Å². The fourth-order valence-corrected chi connectivity index (χ4v) is 7.71. The summed E-state index contributed by atoms with van der Waals surface area (Å²) in [6, 6.07) is 6.06. The number of fused-ring (bicyclic) bond motifs is 1. The molecule has 2 aliphatic heterocycles. The van der Waals surface area contributed by atoms with E-state index in [-0.39, 0.29) is 37.9 Å². The average molecular weight is 570 g/mol. The van der Waals surface area contributed by atoms with Gasteiger partial charge in [0.25, 0.3) is 0 Å². The van der Waals surface area contributed by atoms with Gasteiger partial charge in [0, 0.05) is 25.6 Å². The molecular weight excluding hydrogens is 544 g/mol. The van der Waals surface area contributed by atoms with Gasteiger partial charge < -0.3 is 4.74 Å². The van der Waals surface area contributed by atoms with Gasteiger partial charge in [-0.1, -0.05) is 29.0 Å². The van der Waals surface area contributed by atoms with Crippen LogP contribution in [0.3, 0.4) is 0 Å². The average Bonchev–Trinajstić information content (AvgIpc) is 3.57. The van der Waals surface area contributed by atoms with Gasteiger partial charge in [-0.3, -0.25) is 9.69 Å². The number of thiazole rings is 1. The van der Waals surface area contributed by atoms with Gasteiger partial charge in [-0.2, -0.15) is 4.31 Å². The summed E-state index contributed by atoms with van der Waals surface area (Å²) in [6.45, 7) is 2.97. The lowest BCUT2D eigenvalue weighted by molar-refractivity contribution is -0.123. The van der Waals surface area contributed by atoms with E-state index in [2.05, 4.69) is 0 Å². The van der Waals surface area contributed by atoms with Crippen LogP contribution in [-0.2, 0) is 19.6 Å². The first kappa shape index (κ1) is 26.4. The molecule has 7 nitrogen and oxygen atoms in total. The first-order chi connectivity index (χ1) is 17.6. The van der Waals surface area contributed by atoms with Crippen molar-refractivity contribution in [3.63, 3.8) is 0 Å². The molecule has 2 fully saturated rings. The highest BCUT2D eigenvalue weighted by molar-refractivity contribution is 7.89. The predicted molar refractivity (Wildman–Crippen MR) is 139 cm³/mol. The van der Waals surface area contributed by atoms with Crippen LogP contribution in [0.15, 0.2) is 35.2 Å². The highest BCUT2D eigenvalue weighted by Gasteiger charge is 2.37. The van der Waals surface area contributed by atoms with E-state index >= 15 is 0 Å². The normalized spacial score (nSPS) is 19.5. The molecule has 1 aromatic heterocycles. The number of carbonyl (C=O) groups excluding carboxylic acids is 1. The second kappa shape index (κ2) is 10.5. The molecule has 0 bridgehead atoms. The van der Waals surface area contributed by atoms with Gasteiger partial charge in [0.2, 0.25) is 15.9 Å². The minimum Gasteiger partial charge on any atom is -0.376 e. The number of benzene rings is 2. The number of rotatable bonds is 6. The number of halogens is 3. The quantitative estimate of drug-likeness (QED) is 0.410. The zero-order chi connectivity index (χ0) is 26.3. The summed E-state index contributed by atoms with van der Waals surface area (Å²) < 4.78 is 61.5. The Labute approximate surface area is 223 Å². The summed E-state index contributed by atoms with van der Waals surface area (Å²) in [4.78, 5) is 19.5. The van der Waals surface area contributed by atoms with Crippen molar-refractivity contribution in [1.82, 2.24) is 9.29 Å². The maximum Gasteiger partial charge on any atom is 0.246 e. The maximum atomic E-state index is 14.2. The van der Waals surface area contributed by atoms with Crippen molar-refractivity contribution < 1.29 is 26.7 Å². The van der Waals surface area contributed by atoms with Gasteiger partial charge in [-0.25, -0.2) is 22.2 Å². The molecular formula is C25H26ClF2N3O4S2. The Morgan fingerprint density at radius 1 is 1.22 bits per heavy atom. The number of nitrogens with zero attached hydrogens (tertiary/aromatic N) is 3. The molecule has 12 heteroatoms. The molecule has 3 heterocycles.